The minimum absolute atomic E-state index is 0.0950. The number of amides is 1. The maximum atomic E-state index is 12.7. The molecule has 1 amide bonds. The lowest BCUT2D eigenvalue weighted by Gasteiger charge is -2.24. The first kappa shape index (κ1) is 25.3. The van der Waals surface area contributed by atoms with Gasteiger partial charge >= 0.3 is 0 Å². The second kappa shape index (κ2) is 11.2. The molecular formula is C26H34N2O4S. The Hall–Kier alpha value is -2.35. The molecule has 0 unspecified atom stereocenters. The van der Waals surface area contributed by atoms with Crippen molar-refractivity contribution in [3.05, 3.63) is 52.6 Å². The fourth-order valence-corrected chi connectivity index (χ4v) is 4.98. The summed E-state index contributed by atoms with van der Waals surface area (Å²) in [7, 11) is 0. The van der Waals surface area contributed by atoms with Crippen LogP contribution in [-0.2, 0) is 9.59 Å². The van der Waals surface area contributed by atoms with Crippen molar-refractivity contribution < 1.29 is 19.8 Å². The number of aliphatic hydroxyl groups excluding tert-OH is 2. The molecule has 1 aliphatic rings. The summed E-state index contributed by atoms with van der Waals surface area (Å²) in [5.74, 6) is -1.24. The Kier molecular flexibility index (Phi) is 8.57. The van der Waals surface area contributed by atoms with E-state index in [2.05, 4.69) is 16.4 Å². The van der Waals surface area contributed by atoms with Gasteiger partial charge in [0.2, 0.25) is 5.91 Å². The van der Waals surface area contributed by atoms with E-state index in [0.717, 1.165) is 26.4 Å². The fourth-order valence-electron chi connectivity index (χ4n) is 4.18. The number of aromatic nitrogens is 1. The van der Waals surface area contributed by atoms with Crippen LogP contribution >= 0.6 is 11.3 Å². The molecule has 3 rings (SSSR count). The Balaban J connectivity index is 1.88. The highest BCUT2D eigenvalue weighted by atomic mass is 32.1. The number of thiazole rings is 1. The average molecular weight is 471 g/mol. The van der Waals surface area contributed by atoms with Crippen molar-refractivity contribution >= 4 is 33.2 Å². The van der Waals surface area contributed by atoms with Gasteiger partial charge in [-0.05, 0) is 50.3 Å². The molecule has 7 heteroatoms. The number of fused-ring (bicyclic) bond motifs is 1. The van der Waals surface area contributed by atoms with E-state index in [1.165, 1.54) is 0 Å². The summed E-state index contributed by atoms with van der Waals surface area (Å²) in [6, 6.07) is 5.76. The highest BCUT2D eigenvalue weighted by Gasteiger charge is 2.28. The number of aliphatic hydroxyl groups is 2. The summed E-state index contributed by atoms with van der Waals surface area (Å²) in [5.41, 5.74) is 2.91. The molecule has 0 spiro atoms. The van der Waals surface area contributed by atoms with Gasteiger partial charge in [-0.15, -0.1) is 11.3 Å². The second-order valence-electron chi connectivity index (χ2n) is 9.19. The van der Waals surface area contributed by atoms with E-state index >= 15 is 0 Å². The maximum absolute atomic E-state index is 12.7. The second-order valence-corrected chi connectivity index (χ2v) is 10.4. The molecule has 1 aromatic heterocycles. The van der Waals surface area contributed by atoms with Crippen LogP contribution in [-0.4, -0.2) is 39.1 Å². The number of carbonyl (C=O) groups excluding carboxylic acids is 2. The third-order valence-electron chi connectivity index (χ3n) is 6.28. The quantitative estimate of drug-likeness (QED) is 0.574. The molecule has 178 valence electrons. The first-order valence-corrected chi connectivity index (χ1v) is 12.3. The van der Waals surface area contributed by atoms with Gasteiger partial charge in [-0.1, -0.05) is 43.7 Å². The molecule has 33 heavy (non-hydrogen) atoms. The molecule has 1 aliphatic heterocycles. The molecule has 3 N–H and O–H groups in total. The summed E-state index contributed by atoms with van der Waals surface area (Å²) in [5, 5.41) is 24.9. The third-order valence-corrected chi connectivity index (χ3v) is 7.23. The van der Waals surface area contributed by atoms with Gasteiger partial charge in [-0.25, -0.2) is 4.98 Å². The van der Waals surface area contributed by atoms with Crippen molar-refractivity contribution in [2.24, 2.45) is 11.8 Å². The minimum Gasteiger partial charge on any atom is -0.392 e. The average Bonchev–Trinajstić information content (AvgIpc) is 3.13. The van der Waals surface area contributed by atoms with Crippen LogP contribution in [0, 0.1) is 18.8 Å². The number of ketones is 1. The van der Waals surface area contributed by atoms with E-state index < -0.39 is 18.1 Å². The Labute approximate surface area is 199 Å². The maximum Gasteiger partial charge on any atom is 0.223 e. The van der Waals surface area contributed by atoms with Crippen LogP contribution in [0.25, 0.3) is 10.2 Å². The largest absolute Gasteiger partial charge is 0.392 e. The first-order valence-electron chi connectivity index (χ1n) is 11.5. The predicted molar refractivity (Wildman–Crippen MR) is 132 cm³/mol. The Morgan fingerprint density at radius 2 is 1.85 bits per heavy atom. The number of Topliss-reactive ketones (excluding diaryl/α,β-unsaturated/α-hetero) is 1. The molecule has 6 nitrogen and oxygen atoms in total. The van der Waals surface area contributed by atoms with Crippen LogP contribution in [0.3, 0.4) is 0 Å². The minimum atomic E-state index is -1.09. The lowest BCUT2D eigenvalue weighted by Crippen LogP contribution is -2.35. The highest BCUT2D eigenvalue weighted by Crippen LogP contribution is 2.27. The van der Waals surface area contributed by atoms with Gasteiger partial charge in [-0.2, -0.15) is 0 Å². The number of carbonyl (C=O) groups is 2. The van der Waals surface area contributed by atoms with Crippen molar-refractivity contribution in [3.8, 4) is 0 Å². The van der Waals surface area contributed by atoms with Crippen LogP contribution in [0.1, 0.15) is 63.1 Å². The van der Waals surface area contributed by atoms with E-state index in [9.17, 15) is 19.8 Å². The zero-order valence-corrected chi connectivity index (χ0v) is 20.6. The van der Waals surface area contributed by atoms with Crippen molar-refractivity contribution in [1.82, 2.24) is 10.3 Å². The summed E-state index contributed by atoms with van der Waals surface area (Å²) in [6.45, 7) is 7.57. The molecule has 0 bridgehead atoms. The lowest BCUT2D eigenvalue weighted by molar-refractivity contribution is -0.130. The molecule has 5 atom stereocenters. The van der Waals surface area contributed by atoms with Crippen molar-refractivity contribution in [1.29, 1.82) is 0 Å². The SMILES string of the molecule is CC1=C/C[C@@H](c2ccc3sc(C)nc3c2)NC(=O)C[C@H](O)CC(=O)[C@H](C)[C@@H](O)[C@@H](C)C\C=C\1. The van der Waals surface area contributed by atoms with Crippen LogP contribution in [0.4, 0.5) is 0 Å². The Morgan fingerprint density at radius 3 is 2.61 bits per heavy atom. The van der Waals surface area contributed by atoms with Gasteiger partial charge in [-0.3, -0.25) is 9.59 Å². The summed E-state index contributed by atoms with van der Waals surface area (Å²) in [6.07, 6.45) is 5.13. The number of aryl methyl sites for hydroxylation is 1. The number of nitrogens with one attached hydrogen (secondary N) is 1. The summed E-state index contributed by atoms with van der Waals surface area (Å²) < 4.78 is 1.10. The Morgan fingerprint density at radius 1 is 1.09 bits per heavy atom. The highest BCUT2D eigenvalue weighted by molar-refractivity contribution is 7.18. The molecule has 1 aromatic carbocycles. The van der Waals surface area contributed by atoms with Crippen molar-refractivity contribution in [2.75, 3.05) is 0 Å². The molecule has 0 aliphatic carbocycles. The van der Waals surface area contributed by atoms with Gasteiger partial charge in [0.25, 0.3) is 0 Å². The molecule has 2 aromatic rings. The number of hydrogen-bond donors (Lipinski definition) is 3. The van der Waals surface area contributed by atoms with E-state index in [4.69, 9.17) is 0 Å². The topological polar surface area (TPSA) is 99.5 Å². The number of allylic oxidation sites excluding steroid dienone is 3. The molecule has 0 radical (unpaired) electrons. The van der Waals surface area contributed by atoms with Gasteiger partial charge in [0.05, 0.1) is 39.9 Å². The van der Waals surface area contributed by atoms with Gasteiger partial charge < -0.3 is 15.5 Å². The number of nitrogens with zero attached hydrogens (tertiary/aromatic N) is 1. The number of rotatable bonds is 1. The molecule has 0 saturated carbocycles. The zero-order valence-electron chi connectivity index (χ0n) is 19.7. The normalized spacial score (nSPS) is 31.1. The lowest BCUT2D eigenvalue weighted by atomic mass is 9.86. The molecule has 0 fully saturated rings. The summed E-state index contributed by atoms with van der Waals surface area (Å²) >= 11 is 1.63. The number of benzene rings is 1. The van der Waals surface area contributed by atoms with Crippen LogP contribution in [0.15, 0.2) is 42.0 Å². The van der Waals surface area contributed by atoms with Crippen LogP contribution in [0.5, 0.6) is 0 Å². The fraction of sp³-hybridized carbons (Fsp3) is 0.500. The van der Waals surface area contributed by atoms with Gasteiger partial charge in [0.1, 0.15) is 5.78 Å². The van der Waals surface area contributed by atoms with E-state index in [-0.39, 0.29) is 36.5 Å². The van der Waals surface area contributed by atoms with E-state index in [0.29, 0.717) is 12.8 Å². The van der Waals surface area contributed by atoms with E-state index in [1.807, 2.05) is 51.1 Å². The first-order chi connectivity index (χ1) is 15.6. The van der Waals surface area contributed by atoms with Crippen LogP contribution < -0.4 is 5.32 Å². The van der Waals surface area contributed by atoms with Gasteiger partial charge in [0, 0.05) is 12.3 Å². The third kappa shape index (κ3) is 6.82. The van der Waals surface area contributed by atoms with Gasteiger partial charge in [0.15, 0.2) is 0 Å². The molecular weight excluding hydrogens is 436 g/mol. The predicted octanol–water partition coefficient (Wildman–Crippen LogP) is 4.40. The zero-order chi connectivity index (χ0) is 24.1. The molecule has 0 saturated heterocycles. The number of hydrogen-bond acceptors (Lipinski definition) is 6. The Bertz CT molecular complexity index is 1060. The van der Waals surface area contributed by atoms with Crippen molar-refractivity contribution in [2.45, 2.75) is 71.6 Å². The van der Waals surface area contributed by atoms with Crippen molar-refractivity contribution in [3.63, 3.8) is 0 Å². The van der Waals surface area contributed by atoms with Crippen LogP contribution in [0.2, 0.25) is 0 Å². The smallest absolute Gasteiger partial charge is 0.223 e. The molecule has 2 heterocycles. The standard InChI is InChI=1S/C26H34N2O4S/c1-15-6-5-7-16(2)26(32)17(3)23(30)13-20(29)14-25(31)28-21(10-8-15)19-9-11-24-22(12-19)27-18(4)33-24/h5-6,8-9,11-12,16-17,20-21,26,29,32H,7,10,13-14H2,1-4H3,(H,28,31)/b6-5+,15-8-/t16-,17-,20+,21-,26-/m0/s1. The van der Waals surface area contributed by atoms with E-state index in [1.54, 1.807) is 18.3 Å². The monoisotopic (exact) mass is 470 g/mol. The summed E-state index contributed by atoms with van der Waals surface area (Å²) in [4.78, 5) is 29.9.